The fourth-order valence-electron chi connectivity index (χ4n) is 2.96. The van der Waals surface area contributed by atoms with Crippen molar-refractivity contribution >= 4 is 11.9 Å². The average Bonchev–Trinajstić information content (AvgIpc) is 3.27. The highest BCUT2D eigenvalue weighted by Crippen LogP contribution is 2.54. The molecule has 0 aromatic heterocycles. The van der Waals surface area contributed by atoms with Gasteiger partial charge >= 0.3 is 5.97 Å². The maximum absolute atomic E-state index is 12.5. The van der Waals surface area contributed by atoms with Crippen molar-refractivity contribution in [2.45, 2.75) is 25.8 Å². The second kappa shape index (κ2) is 5.27. The Morgan fingerprint density at radius 2 is 1.90 bits per heavy atom. The van der Waals surface area contributed by atoms with Gasteiger partial charge in [-0.25, -0.2) is 0 Å². The van der Waals surface area contributed by atoms with Crippen LogP contribution in [0.4, 0.5) is 0 Å². The van der Waals surface area contributed by atoms with Crippen LogP contribution in [0.2, 0.25) is 0 Å². The van der Waals surface area contributed by atoms with Gasteiger partial charge in [-0.05, 0) is 36.7 Å². The Morgan fingerprint density at radius 1 is 1.20 bits per heavy atom. The number of hydrogen-bond acceptors (Lipinski definition) is 2. The van der Waals surface area contributed by atoms with E-state index in [0.29, 0.717) is 12.5 Å². The van der Waals surface area contributed by atoms with E-state index in [9.17, 15) is 9.59 Å². The summed E-state index contributed by atoms with van der Waals surface area (Å²) in [5.74, 6) is 0.401. The molecule has 2 fully saturated rings. The normalized spacial score (nSPS) is 24.2. The largest absolute Gasteiger partial charge is 0.480 e. The van der Waals surface area contributed by atoms with Gasteiger partial charge in [-0.3, -0.25) is 9.59 Å². The molecule has 0 aliphatic heterocycles. The molecule has 1 aromatic rings. The van der Waals surface area contributed by atoms with Crippen molar-refractivity contribution in [3.63, 3.8) is 0 Å². The molecule has 2 atom stereocenters. The van der Waals surface area contributed by atoms with Crippen LogP contribution in [0.25, 0.3) is 0 Å². The highest BCUT2D eigenvalue weighted by molar-refractivity contribution is 5.85. The second-order valence-corrected chi connectivity index (χ2v) is 5.92. The molecule has 1 aromatic carbocycles. The Labute approximate surface area is 118 Å². The molecule has 0 heterocycles. The first kappa shape index (κ1) is 13.2. The highest BCUT2D eigenvalue weighted by atomic mass is 16.4. The van der Waals surface area contributed by atoms with E-state index in [4.69, 9.17) is 5.11 Å². The Hall–Kier alpha value is -1.84. The summed E-state index contributed by atoms with van der Waals surface area (Å²) in [5.41, 5.74) is 0.978. The summed E-state index contributed by atoms with van der Waals surface area (Å²) in [6.45, 7) is 0.182. The maximum atomic E-state index is 12.5. The number of aliphatic carboxylic acids is 1. The van der Waals surface area contributed by atoms with Crippen LogP contribution in [0.15, 0.2) is 30.3 Å². The lowest BCUT2D eigenvalue weighted by Crippen LogP contribution is -2.36. The Morgan fingerprint density at radius 3 is 2.50 bits per heavy atom. The van der Waals surface area contributed by atoms with E-state index in [1.165, 1.54) is 17.7 Å². The zero-order chi connectivity index (χ0) is 14.1. The molecule has 4 heteroatoms. The quantitative estimate of drug-likeness (QED) is 0.864. The number of amides is 1. The number of carbonyl (C=O) groups excluding carboxylic acids is 1. The standard InChI is InChI=1S/C16H19NO3/c18-15(19)10-17(9-11-4-2-1-3-5-11)16(20)14-8-13(14)12-6-7-12/h1-5,12-14H,6-10H2,(H,18,19)/t13-,14-/m1/s1. The first-order valence-electron chi connectivity index (χ1n) is 7.19. The molecule has 2 aliphatic rings. The zero-order valence-electron chi connectivity index (χ0n) is 11.4. The minimum absolute atomic E-state index is 0.0214. The van der Waals surface area contributed by atoms with Crippen LogP contribution in [0.5, 0.6) is 0 Å². The summed E-state index contributed by atoms with van der Waals surface area (Å²) in [5, 5.41) is 9.01. The van der Waals surface area contributed by atoms with Gasteiger partial charge in [0, 0.05) is 12.5 Å². The lowest BCUT2D eigenvalue weighted by Gasteiger charge is -2.21. The van der Waals surface area contributed by atoms with Crippen molar-refractivity contribution in [1.29, 1.82) is 0 Å². The van der Waals surface area contributed by atoms with Crippen LogP contribution in [0.1, 0.15) is 24.8 Å². The minimum atomic E-state index is -0.946. The Balaban J connectivity index is 1.66. The first-order valence-corrected chi connectivity index (χ1v) is 7.19. The van der Waals surface area contributed by atoms with E-state index in [-0.39, 0.29) is 18.4 Å². The van der Waals surface area contributed by atoms with Gasteiger partial charge in [-0.1, -0.05) is 30.3 Å². The smallest absolute Gasteiger partial charge is 0.323 e. The van der Waals surface area contributed by atoms with E-state index in [1.807, 2.05) is 30.3 Å². The van der Waals surface area contributed by atoms with Gasteiger partial charge in [0.25, 0.3) is 0 Å². The van der Waals surface area contributed by atoms with Crippen LogP contribution in [0, 0.1) is 17.8 Å². The van der Waals surface area contributed by atoms with E-state index in [0.717, 1.165) is 17.9 Å². The van der Waals surface area contributed by atoms with Gasteiger partial charge in [-0.15, -0.1) is 0 Å². The Kier molecular flexibility index (Phi) is 3.47. The summed E-state index contributed by atoms with van der Waals surface area (Å²) < 4.78 is 0. The molecule has 20 heavy (non-hydrogen) atoms. The summed E-state index contributed by atoms with van der Waals surface area (Å²) in [4.78, 5) is 24.9. The summed E-state index contributed by atoms with van der Waals surface area (Å²) >= 11 is 0. The molecular weight excluding hydrogens is 254 g/mol. The number of carboxylic acids is 1. The van der Waals surface area contributed by atoms with Crippen molar-refractivity contribution in [3.05, 3.63) is 35.9 Å². The number of hydrogen-bond donors (Lipinski definition) is 1. The van der Waals surface area contributed by atoms with Crippen molar-refractivity contribution in [3.8, 4) is 0 Å². The van der Waals surface area contributed by atoms with Crippen molar-refractivity contribution < 1.29 is 14.7 Å². The number of benzene rings is 1. The fraction of sp³-hybridized carbons (Fsp3) is 0.500. The lowest BCUT2D eigenvalue weighted by molar-refractivity contribution is -0.145. The van der Waals surface area contributed by atoms with Crippen molar-refractivity contribution in [2.24, 2.45) is 17.8 Å². The molecule has 2 aliphatic carbocycles. The van der Waals surface area contributed by atoms with Gasteiger partial charge in [-0.2, -0.15) is 0 Å². The maximum Gasteiger partial charge on any atom is 0.323 e. The molecule has 0 spiro atoms. The SMILES string of the molecule is O=C(O)CN(Cc1ccccc1)C(=O)[C@@H]1C[C@@H]1C1CC1. The van der Waals surface area contributed by atoms with Gasteiger partial charge in [0.15, 0.2) is 0 Å². The van der Waals surface area contributed by atoms with Crippen molar-refractivity contribution in [2.75, 3.05) is 6.54 Å². The molecule has 0 bridgehead atoms. The van der Waals surface area contributed by atoms with Crippen LogP contribution in [-0.4, -0.2) is 28.4 Å². The number of carbonyl (C=O) groups is 2. The first-order chi connectivity index (χ1) is 9.65. The third-order valence-corrected chi connectivity index (χ3v) is 4.24. The number of rotatable bonds is 6. The van der Waals surface area contributed by atoms with Crippen LogP contribution >= 0.6 is 0 Å². The molecule has 4 nitrogen and oxygen atoms in total. The third kappa shape index (κ3) is 3.00. The lowest BCUT2D eigenvalue weighted by atomic mass is 10.1. The molecule has 0 saturated heterocycles. The van der Waals surface area contributed by atoms with Gasteiger partial charge in [0.05, 0.1) is 0 Å². The second-order valence-electron chi connectivity index (χ2n) is 5.92. The summed E-state index contributed by atoms with van der Waals surface area (Å²) in [6.07, 6.45) is 3.44. The molecule has 3 rings (SSSR count). The number of carboxylic acid groups (broad SMARTS) is 1. The molecule has 0 radical (unpaired) electrons. The van der Waals surface area contributed by atoms with Gasteiger partial charge in [0.2, 0.25) is 5.91 Å². The summed E-state index contributed by atoms with van der Waals surface area (Å²) in [6, 6.07) is 9.57. The monoisotopic (exact) mass is 273 g/mol. The highest BCUT2D eigenvalue weighted by Gasteiger charge is 2.52. The topological polar surface area (TPSA) is 57.6 Å². The molecular formula is C16H19NO3. The van der Waals surface area contributed by atoms with Gasteiger partial charge < -0.3 is 10.0 Å². The Bertz CT molecular complexity index is 510. The third-order valence-electron chi connectivity index (χ3n) is 4.24. The van der Waals surface area contributed by atoms with Crippen LogP contribution < -0.4 is 0 Å². The minimum Gasteiger partial charge on any atom is -0.480 e. The predicted molar refractivity (Wildman–Crippen MR) is 73.8 cm³/mol. The van der Waals surface area contributed by atoms with Crippen molar-refractivity contribution in [1.82, 2.24) is 4.90 Å². The van der Waals surface area contributed by atoms with Crippen LogP contribution in [0.3, 0.4) is 0 Å². The van der Waals surface area contributed by atoms with E-state index < -0.39 is 5.97 Å². The predicted octanol–water partition coefficient (Wildman–Crippen LogP) is 2.15. The summed E-state index contributed by atoms with van der Waals surface area (Å²) in [7, 11) is 0. The molecule has 1 amide bonds. The van der Waals surface area contributed by atoms with E-state index in [1.54, 1.807) is 0 Å². The molecule has 2 saturated carbocycles. The molecule has 106 valence electrons. The van der Waals surface area contributed by atoms with E-state index >= 15 is 0 Å². The van der Waals surface area contributed by atoms with E-state index in [2.05, 4.69) is 0 Å². The zero-order valence-corrected chi connectivity index (χ0v) is 11.4. The molecule has 1 N–H and O–H groups in total. The fourth-order valence-corrected chi connectivity index (χ4v) is 2.96. The van der Waals surface area contributed by atoms with Gasteiger partial charge in [0.1, 0.15) is 6.54 Å². The molecule has 0 unspecified atom stereocenters. The van der Waals surface area contributed by atoms with Crippen LogP contribution in [-0.2, 0) is 16.1 Å². The average molecular weight is 273 g/mol. The number of nitrogens with zero attached hydrogens (tertiary/aromatic N) is 1.